The number of carbonyl (C=O) groups excluding carboxylic acids is 1. The van der Waals surface area contributed by atoms with Crippen molar-refractivity contribution in [1.82, 2.24) is 4.90 Å². The van der Waals surface area contributed by atoms with Gasteiger partial charge in [0.1, 0.15) is 11.2 Å². The van der Waals surface area contributed by atoms with Gasteiger partial charge in [0, 0.05) is 24.3 Å². The zero-order chi connectivity index (χ0) is 14.9. The Hall–Kier alpha value is -1.08. The van der Waals surface area contributed by atoms with E-state index in [1.807, 2.05) is 0 Å². The fourth-order valence-electron chi connectivity index (χ4n) is 2.13. The largest absolute Gasteiger partial charge is 0.320 e. The molecule has 1 amide bonds. The Morgan fingerprint density at radius 3 is 2.80 bits per heavy atom. The quantitative estimate of drug-likeness (QED) is 0.833. The van der Waals surface area contributed by atoms with Crippen LogP contribution in [0.4, 0.5) is 4.39 Å². The molecule has 1 aromatic rings. The number of aryl methyl sites for hydroxylation is 1. The number of rotatable bonds is 2. The standard InChI is InChI=1S/C13H16FNO3S2/c1-9-3-4-11(14)10(7-9)13(16)15-5-6-19-8-12(15)20(2,17)18/h3-4,7,12H,5-6,8H2,1-2H3. The average molecular weight is 317 g/mol. The molecule has 1 aromatic carbocycles. The Kier molecular flexibility index (Phi) is 4.39. The van der Waals surface area contributed by atoms with Crippen LogP contribution in [0.25, 0.3) is 0 Å². The smallest absolute Gasteiger partial charge is 0.257 e. The van der Waals surface area contributed by atoms with E-state index in [2.05, 4.69) is 0 Å². The SMILES string of the molecule is Cc1ccc(F)c(C(=O)N2CCSCC2S(C)(=O)=O)c1. The van der Waals surface area contributed by atoms with E-state index >= 15 is 0 Å². The summed E-state index contributed by atoms with van der Waals surface area (Å²) in [5.74, 6) is -0.184. The van der Waals surface area contributed by atoms with Crippen LogP contribution in [0.15, 0.2) is 18.2 Å². The first kappa shape index (κ1) is 15.3. The third-order valence-corrected chi connectivity index (χ3v) is 5.84. The topological polar surface area (TPSA) is 54.5 Å². The highest BCUT2D eigenvalue weighted by Gasteiger charge is 2.35. The van der Waals surface area contributed by atoms with Crippen LogP contribution in [0.5, 0.6) is 0 Å². The van der Waals surface area contributed by atoms with Crippen LogP contribution in [0.2, 0.25) is 0 Å². The first-order valence-corrected chi connectivity index (χ1v) is 9.25. The number of hydrogen-bond acceptors (Lipinski definition) is 4. The normalized spacial score (nSPS) is 19.9. The molecule has 0 aliphatic carbocycles. The zero-order valence-corrected chi connectivity index (χ0v) is 12.9. The van der Waals surface area contributed by atoms with Gasteiger partial charge in [-0.2, -0.15) is 11.8 Å². The number of hydrogen-bond donors (Lipinski definition) is 0. The lowest BCUT2D eigenvalue weighted by molar-refractivity contribution is 0.0745. The molecule has 20 heavy (non-hydrogen) atoms. The highest BCUT2D eigenvalue weighted by molar-refractivity contribution is 8.00. The van der Waals surface area contributed by atoms with Gasteiger partial charge >= 0.3 is 0 Å². The van der Waals surface area contributed by atoms with Crippen molar-refractivity contribution in [3.63, 3.8) is 0 Å². The zero-order valence-electron chi connectivity index (χ0n) is 11.3. The molecular weight excluding hydrogens is 301 g/mol. The number of nitrogens with zero attached hydrogens (tertiary/aromatic N) is 1. The summed E-state index contributed by atoms with van der Waals surface area (Å²) < 4.78 is 37.4. The second-order valence-electron chi connectivity index (χ2n) is 4.84. The van der Waals surface area contributed by atoms with E-state index in [4.69, 9.17) is 0 Å². The van der Waals surface area contributed by atoms with Crippen molar-refractivity contribution >= 4 is 27.5 Å². The summed E-state index contributed by atoms with van der Waals surface area (Å²) in [6.07, 6.45) is 1.11. The van der Waals surface area contributed by atoms with E-state index < -0.39 is 26.9 Å². The summed E-state index contributed by atoms with van der Waals surface area (Å²) in [5.41, 5.74) is 0.697. The highest BCUT2D eigenvalue weighted by atomic mass is 32.2. The van der Waals surface area contributed by atoms with E-state index in [0.29, 0.717) is 18.1 Å². The Labute approximate surface area is 122 Å². The van der Waals surface area contributed by atoms with Gasteiger partial charge in [-0.15, -0.1) is 0 Å². The molecule has 0 bridgehead atoms. The van der Waals surface area contributed by atoms with Crippen molar-refractivity contribution < 1.29 is 17.6 Å². The van der Waals surface area contributed by atoms with Crippen LogP contribution < -0.4 is 0 Å². The van der Waals surface area contributed by atoms with E-state index in [9.17, 15) is 17.6 Å². The minimum Gasteiger partial charge on any atom is -0.320 e. The fourth-order valence-corrected chi connectivity index (χ4v) is 4.94. The second kappa shape index (κ2) is 5.73. The summed E-state index contributed by atoms with van der Waals surface area (Å²) in [6.45, 7) is 2.07. The minimum atomic E-state index is -3.39. The predicted molar refractivity (Wildman–Crippen MR) is 78.1 cm³/mol. The van der Waals surface area contributed by atoms with E-state index in [1.165, 1.54) is 28.8 Å². The van der Waals surface area contributed by atoms with Gasteiger partial charge in [0.2, 0.25) is 0 Å². The second-order valence-corrected chi connectivity index (χ2v) is 8.19. The first-order valence-electron chi connectivity index (χ1n) is 6.14. The van der Waals surface area contributed by atoms with Gasteiger partial charge in [0.05, 0.1) is 5.56 Å². The lowest BCUT2D eigenvalue weighted by atomic mass is 10.1. The van der Waals surface area contributed by atoms with Crippen molar-refractivity contribution in [2.24, 2.45) is 0 Å². The van der Waals surface area contributed by atoms with Crippen LogP contribution in [0.1, 0.15) is 15.9 Å². The molecule has 1 saturated heterocycles. The summed E-state index contributed by atoms with van der Waals surface area (Å²) in [5, 5.41) is -0.881. The van der Waals surface area contributed by atoms with Crippen LogP contribution in [-0.2, 0) is 9.84 Å². The average Bonchev–Trinajstić information content (AvgIpc) is 2.40. The Morgan fingerprint density at radius 2 is 2.15 bits per heavy atom. The van der Waals surface area contributed by atoms with Gasteiger partial charge in [-0.3, -0.25) is 4.79 Å². The lowest BCUT2D eigenvalue weighted by Gasteiger charge is -2.34. The number of sulfone groups is 1. The molecule has 1 aliphatic rings. The number of benzene rings is 1. The summed E-state index contributed by atoms with van der Waals surface area (Å²) in [7, 11) is -3.39. The van der Waals surface area contributed by atoms with Gasteiger partial charge in [0.15, 0.2) is 9.84 Å². The summed E-state index contributed by atoms with van der Waals surface area (Å²) in [4.78, 5) is 13.7. The van der Waals surface area contributed by atoms with Crippen molar-refractivity contribution in [1.29, 1.82) is 0 Å². The number of halogens is 1. The van der Waals surface area contributed by atoms with Crippen LogP contribution in [-0.4, -0.2) is 48.9 Å². The molecule has 2 rings (SSSR count). The molecule has 1 aliphatic heterocycles. The molecule has 0 saturated carbocycles. The van der Waals surface area contributed by atoms with E-state index in [1.54, 1.807) is 13.0 Å². The molecule has 0 N–H and O–H groups in total. The molecule has 7 heteroatoms. The van der Waals surface area contributed by atoms with Gasteiger partial charge in [-0.05, 0) is 19.1 Å². The van der Waals surface area contributed by atoms with Gasteiger partial charge in [-0.25, -0.2) is 12.8 Å². The minimum absolute atomic E-state index is 0.0643. The highest BCUT2D eigenvalue weighted by Crippen LogP contribution is 2.23. The molecule has 1 atom stereocenters. The fraction of sp³-hybridized carbons (Fsp3) is 0.462. The molecule has 1 fully saturated rings. The molecule has 1 unspecified atom stereocenters. The molecule has 1 heterocycles. The number of amides is 1. The Morgan fingerprint density at radius 1 is 1.45 bits per heavy atom. The summed E-state index contributed by atoms with van der Waals surface area (Å²) >= 11 is 1.49. The third-order valence-electron chi connectivity index (χ3n) is 3.19. The maximum absolute atomic E-state index is 13.8. The van der Waals surface area contributed by atoms with Crippen molar-refractivity contribution in [2.75, 3.05) is 24.3 Å². The first-order chi connectivity index (χ1) is 9.30. The van der Waals surface area contributed by atoms with Crippen LogP contribution in [0, 0.1) is 12.7 Å². The van der Waals surface area contributed by atoms with Gasteiger partial charge in [0.25, 0.3) is 5.91 Å². The van der Waals surface area contributed by atoms with Crippen molar-refractivity contribution in [2.45, 2.75) is 12.3 Å². The van der Waals surface area contributed by atoms with Gasteiger partial charge in [-0.1, -0.05) is 11.6 Å². The molecule has 0 aromatic heterocycles. The van der Waals surface area contributed by atoms with Crippen molar-refractivity contribution in [3.05, 3.63) is 35.1 Å². The lowest BCUT2D eigenvalue weighted by Crippen LogP contribution is -2.50. The third kappa shape index (κ3) is 3.15. The Bertz CT molecular complexity index is 631. The molecule has 0 spiro atoms. The Balaban J connectivity index is 2.37. The molecule has 0 radical (unpaired) electrons. The van der Waals surface area contributed by atoms with Crippen LogP contribution in [0.3, 0.4) is 0 Å². The molecule has 110 valence electrons. The maximum atomic E-state index is 13.8. The number of thioether (sulfide) groups is 1. The predicted octanol–water partition coefficient (Wildman–Crippen LogP) is 1.69. The summed E-state index contributed by atoms with van der Waals surface area (Å²) in [6, 6.07) is 4.27. The maximum Gasteiger partial charge on any atom is 0.257 e. The molecular formula is C13H16FNO3S2. The van der Waals surface area contributed by atoms with Gasteiger partial charge < -0.3 is 4.90 Å². The van der Waals surface area contributed by atoms with E-state index in [0.717, 1.165) is 11.8 Å². The number of carbonyl (C=O) groups is 1. The molecule has 4 nitrogen and oxygen atoms in total. The monoisotopic (exact) mass is 317 g/mol. The van der Waals surface area contributed by atoms with Crippen LogP contribution >= 0.6 is 11.8 Å². The van der Waals surface area contributed by atoms with E-state index in [-0.39, 0.29) is 5.56 Å². The van der Waals surface area contributed by atoms with Crippen molar-refractivity contribution in [3.8, 4) is 0 Å².